The van der Waals surface area contributed by atoms with Crippen molar-refractivity contribution in [3.63, 3.8) is 0 Å². The molecule has 1 spiro atoms. The summed E-state index contributed by atoms with van der Waals surface area (Å²) in [6.07, 6.45) is 4.09. The number of rotatable bonds is 2. The summed E-state index contributed by atoms with van der Waals surface area (Å²) in [5, 5.41) is 3.43. The Morgan fingerprint density at radius 2 is 2.20 bits per heavy atom. The van der Waals surface area contributed by atoms with E-state index in [1.165, 1.54) is 5.56 Å². The van der Waals surface area contributed by atoms with Gasteiger partial charge in [-0.25, -0.2) is 0 Å². The normalized spacial score (nSPS) is 29.4. The zero-order chi connectivity index (χ0) is 14.0. The molecule has 2 aliphatic heterocycles. The van der Waals surface area contributed by atoms with Gasteiger partial charge in [-0.3, -0.25) is 0 Å². The topological polar surface area (TPSA) is 39.7 Å². The molecule has 1 N–H and O–H groups in total. The van der Waals surface area contributed by atoms with Gasteiger partial charge in [0.25, 0.3) is 0 Å². The van der Waals surface area contributed by atoms with Crippen LogP contribution in [-0.4, -0.2) is 33.0 Å². The minimum atomic E-state index is -0.0937. The number of ether oxygens (including phenoxy) is 3. The zero-order valence-corrected chi connectivity index (χ0v) is 12.3. The Morgan fingerprint density at radius 1 is 1.30 bits per heavy atom. The summed E-state index contributed by atoms with van der Waals surface area (Å²) in [6.45, 7) is 1.63. The monoisotopic (exact) mass is 277 g/mol. The highest BCUT2D eigenvalue weighted by Crippen LogP contribution is 2.45. The van der Waals surface area contributed by atoms with Crippen molar-refractivity contribution in [1.29, 1.82) is 0 Å². The van der Waals surface area contributed by atoms with Crippen LogP contribution in [0.15, 0.2) is 18.2 Å². The molecule has 1 aromatic rings. The molecule has 0 aromatic heterocycles. The Bertz CT molecular complexity index is 467. The fraction of sp³-hybridized carbons (Fsp3) is 0.625. The summed E-state index contributed by atoms with van der Waals surface area (Å²) in [5.74, 6) is 1.80. The molecule has 110 valence electrons. The van der Waals surface area contributed by atoms with Crippen molar-refractivity contribution in [2.45, 2.75) is 37.3 Å². The van der Waals surface area contributed by atoms with Gasteiger partial charge in [-0.15, -0.1) is 0 Å². The molecule has 2 atom stereocenters. The molecule has 1 saturated heterocycles. The lowest BCUT2D eigenvalue weighted by molar-refractivity contribution is 0.0115. The number of hydrogen-bond donors (Lipinski definition) is 1. The van der Waals surface area contributed by atoms with Crippen LogP contribution in [0.25, 0.3) is 0 Å². The molecule has 4 nitrogen and oxygen atoms in total. The van der Waals surface area contributed by atoms with Gasteiger partial charge >= 0.3 is 0 Å². The third kappa shape index (κ3) is 2.50. The number of fused-ring (bicyclic) bond motifs is 1. The van der Waals surface area contributed by atoms with Crippen LogP contribution in [0.5, 0.6) is 11.5 Å². The molecule has 0 amide bonds. The van der Waals surface area contributed by atoms with Gasteiger partial charge in [-0.05, 0) is 26.0 Å². The van der Waals surface area contributed by atoms with Crippen LogP contribution in [0.3, 0.4) is 0 Å². The minimum Gasteiger partial charge on any atom is -0.497 e. The summed E-state index contributed by atoms with van der Waals surface area (Å²) >= 11 is 0. The summed E-state index contributed by atoms with van der Waals surface area (Å²) in [5.41, 5.74) is 1.13. The van der Waals surface area contributed by atoms with Crippen LogP contribution in [-0.2, 0) is 4.74 Å². The summed E-state index contributed by atoms with van der Waals surface area (Å²) < 4.78 is 17.3. The molecular weight excluding hydrogens is 254 g/mol. The summed E-state index contributed by atoms with van der Waals surface area (Å²) in [4.78, 5) is 0. The highest BCUT2D eigenvalue weighted by atomic mass is 16.5. The Kier molecular flexibility index (Phi) is 3.85. The smallest absolute Gasteiger partial charge is 0.128 e. The first-order valence-electron chi connectivity index (χ1n) is 7.38. The first kappa shape index (κ1) is 13.7. The van der Waals surface area contributed by atoms with Crippen LogP contribution in [0, 0.1) is 0 Å². The van der Waals surface area contributed by atoms with E-state index in [4.69, 9.17) is 14.2 Å². The van der Waals surface area contributed by atoms with Gasteiger partial charge in [0.1, 0.15) is 17.1 Å². The predicted molar refractivity (Wildman–Crippen MR) is 77.4 cm³/mol. The van der Waals surface area contributed by atoms with E-state index in [0.29, 0.717) is 6.04 Å². The van der Waals surface area contributed by atoms with E-state index in [0.717, 1.165) is 50.4 Å². The fourth-order valence-corrected chi connectivity index (χ4v) is 3.32. The molecule has 0 radical (unpaired) electrons. The van der Waals surface area contributed by atoms with Crippen LogP contribution in [0.2, 0.25) is 0 Å². The molecule has 0 bridgehead atoms. The number of hydrogen-bond acceptors (Lipinski definition) is 4. The molecule has 2 heterocycles. The van der Waals surface area contributed by atoms with E-state index in [9.17, 15) is 0 Å². The standard InChI is InChI=1S/C16H23NO3/c1-17-14-11-16(6-3-8-19-9-7-16)20-15-10-12(18-2)4-5-13(14)15/h4-5,10,14,17H,3,6-9,11H2,1-2H3. The maximum atomic E-state index is 6.41. The highest BCUT2D eigenvalue weighted by Gasteiger charge is 2.41. The zero-order valence-electron chi connectivity index (χ0n) is 12.3. The SMILES string of the molecule is CNC1CC2(CCCOCC2)Oc2cc(OC)ccc21. The molecule has 0 saturated carbocycles. The lowest BCUT2D eigenvalue weighted by atomic mass is 9.82. The molecule has 1 aromatic carbocycles. The van der Waals surface area contributed by atoms with Gasteiger partial charge in [-0.1, -0.05) is 6.07 Å². The van der Waals surface area contributed by atoms with E-state index in [1.54, 1.807) is 7.11 Å². The van der Waals surface area contributed by atoms with E-state index in [2.05, 4.69) is 11.4 Å². The van der Waals surface area contributed by atoms with Crippen LogP contribution in [0.1, 0.15) is 37.3 Å². The van der Waals surface area contributed by atoms with Gasteiger partial charge in [0.05, 0.1) is 13.7 Å². The second kappa shape index (κ2) is 5.62. The van der Waals surface area contributed by atoms with Crippen LogP contribution in [0.4, 0.5) is 0 Å². The largest absolute Gasteiger partial charge is 0.497 e. The highest BCUT2D eigenvalue weighted by molar-refractivity contribution is 5.44. The molecule has 0 aliphatic carbocycles. The van der Waals surface area contributed by atoms with E-state index in [1.807, 2.05) is 19.2 Å². The Hall–Kier alpha value is -1.26. The Labute approximate surface area is 120 Å². The van der Waals surface area contributed by atoms with Gasteiger partial charge in [-0.2, -0.15) is 0 Å². The van der Waals surface area contributed by atoms with Gasteiger partial charge in [0.15, 0.2) is 0 Å². The number of benzene rings is 1. The average Bonchev–Trinajstić information content (AvgIpc) is 2.71. The van der Waals surface area contributed by atoms with E-state index >= 15 is 0 Å². The van der Waals surface area contributed by atoms with Crippen LogP contribution < -0.4 is 14.8 Å². The van der Waals surface area contributed by atoms with Crippen molar-refractivity contribution < 1.29 is 14.2 Å². The number of nitrogens with one attached hydrogen (secondary N) is 1. The van der Waals surface area contributed by atoms with Crippen molar-refractivity contribution >= 4 is 0 Å². The molecular formula is C16H23NO3. The first-order valence-corrected chi connectivity index (χ1v) is 7.38. The molecule has 2 aliphatic rings. The van der Waals surface area contributed by atoms with Gasteiger partial charge in [0.2, 0.25) is 0 Å². The van der Waals surface area contributed by atoms with Crippen molar-refractivity contribution in [3.05, 3.63) is 23.8 Å². The molecule has 2 unspecified atom stereocenters. The minimum absolute atomic E-state index is 0.0937. The summed E-state index contributed by atoms with van der Waals surface area (Å²) in [7, 11) is 3.71. The van der Waals surface area contributed by atoms with Gasteiger partial charge < -0.3 is 19.5 Å². The quantitative estimate of drug-likeness (QED) is 0.902. The molecule has 3 rings (SSSR count). The maximum Gasteiger partial charge on any atom is 0.128 e. The third-order valence-corrected chi connectivity index (χ3v) is 4.47. The molecule has 4 heteroatoms. The lowest BCUT2D eigenvalue weighted by Crippen LogP contribution is -2.43. The third-order valence-electron chi connectivity index (χ3n) is 4.47. The van der Waals surface area contributed by atoms with Gasteiger partial charge in [0, 0.05) is 37.1 Å². The fourth-order valence-electron chi connectivity index (χ4n) is 3.32. The van der Waals surface area contributed by atoms with Crippen molar-refractivity contribution in [2.75, 3.05) is 27.4 Å². The van der Waals surface area contributed by atoms with E-state index < -0.39 is 0 Å². The Balaban J connectivity index is 1.94. The Morgan fingerprint density at radius 3 is 3.00 bits per heavy atom. The average molecular weight is 277 g/mol. The number of methoxy groups -OCH3 is 1. The second-order valence-electron chi connectivity index (χ2n) is 5.70. The van der Waals surface area contributed by atoms with Crippen molar-refractivity contribution in [3.8, 4) is 11.5 Å². The first-order chi connectivity index (χ1) is 9.76. The van der Waals surface area contributed by atoms with E-state index in [-0.39, 0.29) is 5.60 Å². The maximum absolute atomic E-state index is 6.41. The lowest BCUT2D eigenvalue weighted by Gasteiger charge is -2.41. The molecule has 1 fully saturated rings. The van der Waals surface area contributed by atoms with Crippen molar-refractivity contribution in [1.82, 2.24) is 5.32 Å². The summed E-state index contributed by atoms with van der Waals surface area (Å²) in [6, 6.07) is 6.45. The predicted octanol–water partition coefficient (Wildman–Crippen LogP) is 2.68. The van der Waals surface area contributed by atoms with Crippen molar-refractivity contribution in [2.24, 2.45) is 0 Å². The molecule has 20 heavy (non-hydrogen) atoms. The van der Waals surface area contributed by atoms with Crippen LogP contribution >= 0.6 is 0 Å². The second-order valence-corrected chi connectivity index (χ2v) is 5.70.